The number of nitrogens with zero attached hydrogens (tertiary/aromatic N) is 2. The minimum absolute atomic E-state index is 0.282. The molecule has 2 aromatic carbocycles. The summed E-state index contributed by atoms with van der Waals surface area (Å²) in [6.07, 6.45) is 0.740. The standard InChI is InChI=1S/C22H23N3O2/c1-14-7-9-17(10-8-14)12-20-15(2)24-16(3)25-21(20)23-13-18-5-4-6-19(11-18)22(26)27/h4-11H,12-13H2,1-3H3,(H,26,27)(H,23,24,25). The lowest BCUT2D eigenvalue weighted by molar-refractivity contribution is 0.0696. The Balaban J connectivity index is 1.85. The van der Waals surface area contributed by atoms with Gasteiger partial charge < -0.3 is 10.4 Å². The molecule has 5 heteroatoms. The molecule has 27 heavy (non-hydrogen) atoms. The van der Waals surface area contributed by atoms with E-state index in [1.54, 1.807) is 18.2 Å². The first-order chi connectivity index (χ1) is 12.9. The van der Waals surface area contributed by atoms with Crippen molar-refractivity contribution in [3.63, 3.8) is 0 Å². The first kappa shape index (κ1) is 18.6. The molecule has 0 atom stereocenters. The van der Waals surface area contributed by atoms with Crippen molar-refractivity contribution in [1.29, 1.82) is 0 Å². The zero-order chi connectivity index (χ0) is 19.4. The number of nitrogens with one attached hydrogen (secondary N) is 1. The smallest absolute Gasteiger partial charge is 0.335 e. The number of carboxylic acids is 1. The van der Waals surface area contributed by atoms with Crippen LogP contribution in [0.2, 0.25) is 0 Å². The van der Waals surface area contributed by atoms with Crippen molar-refractivity contribution in [2.75, 3.05) is 5.32 Å². The maximum Gasteiger partial charge on any atom is 0.335 e. The van der Waals surface area contributed by atoms with E-state index in [0.717, 1.165) is 29.1 Å². The molecule has 0 unspecified atom stereocenters. The number of rotatable bonds is 6. The van der Waals surface area contributed by atoms with Gasteiger partial charge in [0.15, 0.2) is 0 Å². The van der Waals surface area contributed by atoms with E-state index < -0.39 is 5.97 Å². The molecule has 0 aliphatic rings. The molecule has 3 aromatic rings. The van der Waals surface area contributed by atoms with Crippen molar-refractivity contribution in [1.82, 2.24) is 9.97 Å². The first-order valence-electron chi connectivity index (χ1n) is 8.88. The largest absolute Gasteiger partial charge is 0.478 e. The highest BCUT2D eigenvalue weighted by atomic mass is 16.4. The summed E-state index contributed by atoms with van der Waals surface area (Å²) in [5, 5.41) is 12.5. The third-order valence-corrected chi connectivity index (χ3v) is 4.46. The van der Waals surface area contributed by atoms with Crippen LogP contribution >= 0.6 is 0 Å². The van der Waals surface area contributed by atoms with Crippen LogP contribution in [0.4, 0.5) is 5.82 Å². The van der Waals surface area contributed by atoms with Crippen LogP contribution in [-0.4, -0.2) is 21.0 Å². The highest BCUT2D eigenvalue weighted by molar-refractivity contribution is 5.87. The zero-order valence-electron chi connectivity index (χ0n) is 15.8. The summed E-state index contributed by atoms with van der Waals surface area (Å²) in [6.45, 7) is 6.44. The molecule has 0 aliphatic carbocycles. The monoisotopic (exact) mass is 361 g/mol. The molecular weight excluding hydrogens is 338 g/mol. The number of aromatic carboxylic acids is 1. The maximum absolute atomic E-state index is 11.2. The quantitative estimate of drug-likeness (QED) is 0.684. The summed E-state index contributed by atoms with van der Waals surface area (Å²) in [5.74, 6) is 0.578. The van der Waals surface area contributed by atoms with E-state index in [0.29, 0.717) is 12.4 Å². The van der Waals surface area contributed by atoms with Crippen LogP contribution in [-0.2, 0) is 13.0 Å². The molecule has 0 saturated carbocycles. The van der Waals surface area contributed by atoms with Crippen molar-refractivity contribution in [3.8, 4) is 0 Å². The SMILES string of the molecule is Cc1ccc(Cc2c(C)nc(C)nc2NCc2cccc(C(=O)O)c2)cc1. The van der Waals surface area contributed by atoms with E-state index >= 15 is 0 Å². The van der Waals surface area contributed by atoms with Gasteiger partial charge in [0.25, 0.3) is 0 Å². The summed E-state index contributed by atoms with van der Waals surface area (Å²) in [7, 11) is 0. The van der Waals surface area contributed by atoms with Crippen LogP contribution in [0.3, 0.4) is 0 Å². The van der Waals surface area contributed by atoms with Gasteiger partial charge in [0.05, 0.1) is 5.56 Å². The van der Waals surface area contributed by atoms with Crippen LogP contribution in [0.1, 0.15) is 44.1 Å². The fourth-order valence-electron chi connectivity index (χ4n) is 3.00. The van der Waals surface area contributed by atoms with Gasteiger partial charge in [0.2, 0.25) is 0 Å². The Labute approximate surface area is 159 Å². The third kappa shape index (κ3) is 4.70. The number of hydrogen-bond acceptors (Lipinski definition) is 4. The van der Waals surface area contributed by atoms with Crippen molar-refractivity contribution in [3.05, 3.63) is 87.9 Å². The molecule has 0 fully saturated rings. The van der Waals surface area contributed by atoms with Crippen molar-refractivity contribution >= 4 is 11.8 Å². The molecule has 1 heterocycles. The van der Waals surface area contributed by atoms with Crippen LogP contribution in [0.25, 0.3) is 0 Å². The Bertz CT molecular complexity index is 966. The van der Waals surface area contributed by atoms with Crippen LogP contribution in [0, 0.1) is 20.8 Å². The summed E-state index contributed by atoms with van der Waals surface area (Å²) >= 11 is 0. The zero-order valence-corrected chi connectivity index (χ0v) is 15.8. The third-order valence-electron chi connectivity index (χ3n) is 4.46. The summed E-state index contributed by atoms with van der Waals surface area (Å²) in [5.41, 5.74) is 5.61. The Hall–Kier alpha value is -3.21. The van der Waals surface area contributed by atoms with Crippen molar-refractivity contribution < 1.29 is 9.90 Å². The summed E-state index contributed by atoms with van der Waals surface area (Å²) < 4.78 is 0. The Morgan fingerprint density at radius 3 is 2.44 bits per heavy atom. The van der Waals surface area contributed by atoms with E-state index in [2.05, 4.69) is 46.5 Å². The highest BCUT2D eigenvalue weighted by Gasteiger charge is 2.12. The molecule has 0 radical (unpaired) electrons. The minimum Gasteiger partial charge on any atom is -0.478 e. The molecule has 2 N–H and O–H groups in total. The van der Waals surface area contributed by atoms with E-state index in [1.165, 1.54) is 11.1 Å². The Morgan fingerprint density at radius 2 is 1.74 bits per heavy atom. The summed E-state index contributed by atoms with van der Waals surface area (Å²) in [6, 6.07) is 15.4. The molecule has 0 amide bonds. The molecule has 0 saturated heterocycles. The molecule has 3 rings (SSSR count). The molecular formula is C22H23N3O2. The predicted molar refractivity (Wildman–Crippen MR) is 106 cm³/mol. The van der Waals surface area contributed by atoms with Crippen LogP contribution < -0.4 is 5.32 Å². The maximum atomic E-state index is 11.2. The topological polar surface area (TPSA) is 75.1 Å². The van der Waals surface area contributed by atoms with Crippen LogP contribution in [0.5, 0.6) is 0 Å². The van der Waals surface area contributed by atoms with Gasteiger partial charge in [0, 0.05) is 24.2 Å². The van der Waals surface area contributed by atoms with Gasteiger partial charge in [-0.3, -0.25) is 0 Å². The molecule has 0 spiro atoms. The van der Waals surface area contributed by atoms with E-state index in [1.807, 2.05) is 19.9 Å². The minimum atomic E-state index is -0.925. The van der Waals surface area contributed by atoms with Gasteiger partial charge in [-0.1, -0.05) is 42.0 Å². The fraction of sp³-hybridized carbons (Fsp3) is 0.227. The van der Waals surface area contributed by atoms with Crippen molar-refractivity contribution in [2.24, 2.45) is 0 Å². The number of aromatic nitrogens is 2. The number of benzene rings is 2. The van der Waals surface area contributed by atoms with Gasteiger partial charge in [-0.15, -0.1) is 0 Å². The van der Waals surface area contributed by atoms with Gasteiger partial charge in [-0.25, -0.2) is 14.8 Å². The Kier molecular flexibility index (Phi) is 5.50. The number of carboxylic acid groups (broad SMARTS) is 1. The number of carbonyl (C=O) groups is 1. The van der Waals surface area contributed by atoms with Gasteiger partial charge >= 0.3 is 5.97 Å². The first-order valence-corrected chi connectivity index (χ1v) is 8.88. The Morgan fingerprint density at radius 1 is 1.00 bits per heavy atom. The second kappa shape index (κ2) is 7.99. The lowest BCUT2D eigenvalue weighted by atomic mass is 10.0. The van der Waals surface area contributed by atoms with Gasteiger partial charge in [-0.05, 0) is 44.0 Å². The highest BCUT2D eigenvalue weighted by Crippen LogP contribution is 2.21. The summed E-state index contributed by atoms with van der Waals surface area (Å²) in [4.78, 5) is 20.3. The second-order valence-corrected chi connectivity index (χ2v) is 6.70. The lowest BCUT2D eigenvalue weighted by Crippen LogP contribution is -2.10. The predicted octanol–water partition coefficient (Wildman–Crippen LogP) is 4.30. The van der Waals surface area contributed by atoms with E-state index in [-0.39, 0.29) is 5.56 Å². The van der Waals surface area contributed by atoms with Crippen LogP contribution in [0.15, 0.2) is 48.5 Å². The fourth-order valence-corrected chi connectivity index (χ4v) is 3.00. The number of anilines is 1. The normalized spacial score (nSPS) is 10.6. The molecule has 138 valence electrons. The molecule has 0 bridgehead atoms. The van der Waals surface area contributed by atoms with Crippen molar-refractivity contribution in [2.45, 2.75) is 33.7 Å². The second-order valence-electron chi connectivity index (χ2n) is 6.70. The lowest BCUT2D eigenvalue weighted by Gasteiger charge is -2.15. The van der Waals surface area contributed by atoms with Gasteiger partial charge in [-0.2, -0.15) is 0 Å². The molecule has 1 aromatic heterocycles. The number of aryl methyl sites for hydroxylation is 3. The van der Waals surface area contributed by atoms with Gasteiger partial charge in [0.1, 0.15) is 11.6 Å². The molecule has 5 nitrogen and oxygen atoms in total. The molecule has 0 aliphatic heterocycles. The van der Waals surface area contributed by atoms with E-state index in [4.69, 9.17) is 5.11 Å². The average molecular weight is 361 g/mol. The number of hydrogen-bond donors (Lipinski definition) is 2. The van der Waals surface area contributed by atoms with E-state index in [9.17, 15) is 4.79 Å². The average Bonchev–Trinajstić information content (AvgIpc) is 2.64.